The van der Waals surface area contributed by atoms with Gasteiger partial charge in [0.05, 0.1) is 19.0 Å². The lowest BCUT2D eigenvalue weighted by molar-refractivity contribution is 0.593. The predicted octanol–water partition coefficient (Wildman–Crippen LogP) is 3.32. The van der Waals surface area contributed by atoms with Gasteiger partial charge in [-0.2, -0.15) is 5.26 Å². The molecular formula is C9H8Cl3N2O2PS. The molecule has 0 aliphatic rings. The van der Waals surface area contributed by atoms with E-state index in [1.165, 1.54) is 12.1 Å². The van der Waals surface area contributed by atoms with Crippen molar-refractivity contribution in [3.8, 4) is 6.07 Å². The topological polar surface area (TPSA) is 70.0 Å². The highest BCUT2D eigenvalue weighted by Crippen LogP contribution is 2.27. The molecule has 0 aliphatic heterocycles. The molecule has 1 rings (SSSR count). The zero-order valence-corrected chi connectivity index (χ0v) is 12.9. The van der Waals surface area contributed by atoms with Crippen molar-refractivity contribution in [1.29, 1.82) is 5.26 Å². The van der Waals surface area contributed by atoms with E-state index >= 15 is 0 Å². The first-order valence-corrected chi connectivity index (χ1v) is 9.00. The highest BCUT2D eigenvalue weighted by atomic mass is 35.7. The van der Waals surface area contributed by atoms with Crippen molar-refractivity contribution in [2.45, 2.75) is 15.0 Å². The zero-order valence-electron chi connectivity index (χ0n) is 8.77. The first-order chi connectivity index (χ1) is 8.43. The van der Waals surface area contributed by atoms with Gasteiger partial charge in [0.2, 0.25) is 0 Å². The molecule has 18 heavy (non-hydrogen) atoms. The Hall–Kier alpha value is -0.240. The standard InChI is InChI=1S/C9H8Cl3N2O2PS/c10-8(5-13)9(11)18(15,16)7-3-1-6(2-4-7)14-17-12/h1-4,8-9,14,17H. The molecular weight excluding hydrogens is 338 g/mol. The summed E-state index contributed by atoms with van der Waals surface area (Å²) < 4.78 is 22.5. The average Bonchev–Trinajstić information content (AvgIpc) is 2.38. The minimum absolute atomic E-state index is 0.00635. The first kappa shape index (κ1) is 15.8. The molecule has 4 nitrogen and oxygen atoms in total. The molecule has 1 N–H and O–H groups in total. The van der Waals surface area contributed by atoms with Crippen LogP contribution in [0.15, 0.2) is 29.2 Å². The number of nitrogens with one attached hydrogen (secondary N) is 1. The second kappa shape index (κ2) is 6.79. The summed E-state index contributed by atoms with van der Waals surface area (Å²) in [7, 11) is -3.84. The van der Waals surface area contributed by atoms with Crippen LogP contribution in [0, 0.1) is 11.3 Å². The average molecular weight is 346 g/mol. The van der Waals surface area contributed by atoms with Crippen molar-refractivity contribution in [3.63, 3.8) is 0 Å². The molecule has 0 amide bonds. The second-order valence-corrected chi connectivity index (χ2v) is 7.45. The fraction of sp³-hybridized carbons (Fsp3) is 0.222. The van der Waals surface area contributed by atoms with E-state index in [2.05, 4.69) is 5.09 Å². The van der Waals surface area contributed by atoms with Crippen LogP contribution in [-0.2, 0) is 9.84 Å². The lowest BCUT2D eigenvalue weighted by atomic mass is 10.3. The van der Waals surface area contributed by atoms with Gasteiger partial charge in [-0.1, -0.05) is 11.2 Å². The molecule has 0 aliphatic carbocycles. The molecule has 98 valence electrons. The fourth-order valence-electron chi connectivity index (χ4n) is 1.13. The summed E-state index contributed by atoms with van der Waals surface area (Å²) in [5, 5.41) is 10.1. The third-order valence-corrected chi connectivity index (χ3v) is 6.07. The highest BCUT2D eigenvalue weighted by Gasteiger charge is 2.32. The molecule has 3 unspecified atom stereocenters. The number of benzene rings is 1. The quantitative estimate of drug-likeness (QED) is 0.656. The molecule has 0 fully saturated rings. The van der Waals surface area contributed by atoms with Gasteiger partial charge in [0, 0.05) is 5.69 Å². The summed E-state index contributed by atoms with van der Waals surface area (Å²) in [6, 6.07) is 7.47. The Morgan fingerprint density at radius 1 is 1.28 bits per heavy atom. The van der Waals surface area contributed by atoms with Gasteiger partial charge in [-0.15, -0.1) is 23.2 Å². The van der Waals surface area contributed by atoms with E-state index in [4.69, 9.17) is 39.7 Å². The molecule has 0 radical (unpaired) electrons. The van der Waals surface area contributed by atoms with Gasteiger partial charge in [0.1, 0.15) is 0 Å². The number of hydrogen-bond donors (Lipinski definition) is 1. The van der Waals surface area contributed by atoms with Crippen molar-refractivity contribution in [3.05, 3.63) is 24.3 Å². The van der Waals surface area contributed by atoms with Gasteiger partial charge in [-0.05, 0) is 24.3 Å². The van der Waals surface area contributed by atoms with Crippen molar-refractivity contribution in [2.75, 3.05) is 5.09 Å². The Morgan fingerprint density at radius 2 is 1.83 bits per heavy atom. The van der Waals surface area contributed by atoms with E-state index in [1.807, 2.05) is 0 Å². The predicted molar refractivity (Wildman–Crippen MR) is 76.3 cm³/mol. The van der Waals surface area contributed by atoms with Crippen molar-refractivity contribution < 1.29 is 8.42 Å². The van der Waals surface area contributed by atoms with Gasteiger partial charge in [-0.3, -0.25) is 0 Å². The Kier molecular flexibility index (Phi) is 5.97. The van der Waals surface area contributed by atoms with E-state index in [1.54, 1.807) is 18.2 Å². The molecule has 1 aromatic carbocycles. The second-order valence-electron chi connectivity index (χ2n) is 3.17. The molecule has 0 spiro atoms. The number of hydrogen-bond acceptors (Lipinski definition) is 4. The maximum atomic E-state index is 12.0. The van der Waals surface area contributed by atoms with Crippen LogP contribution >= 0.6 is 42.5 Å². The third kappa shape index (κ3) is 3.63. The number of sulfone groups is 1. The minimum atomic E-state index is -3.83. The van der Waals surface area contributed by atoms with Crippen molar-refractivity contribution in [2.24, 2.45) is 0 Å². The van der Waals surface area contributed by atoms with Crippen LogP contribution < -0.4 is 5.09 Å². The number of halogens is 3. The molecule has 1 aromatic rings. The SMILES string of the molecule is N#CC(Cl)C(Cl)S(=O)(=O)c1ccc(NPCl)cc1. The van der Waals surface area contributed by atoms with E-state index in [-0.39, 0.29) is 13.0 Å². The summed E-state index contributed by atoms with van der Waals surface area (Å²) in [6.45, 7) is 0. The van der Waals surface area contributed by atoms with Crippen LogP contribution in [0.1, 0.15) is 0 Å². The first-order valence-electron chi connectivity index (χ1n) is 4.57. The summed E-state index contributed by atoms with van der Waals surface area (Å²) in [4.78, 5) is 0.00635. The lowest BCUT2D eigenvalue weighted by Crippen LogP contribution is -2.24. The van der Waals surface area contributed by atoms with Crippen LogP contribution in [-0.4, -0.2) is 18.5 Å². The van der Waals surface area contributed by atoms with Gasteiger partial charge < -0.3 is 5.09 Å². The molecule has 9 heteroatoms. The summed E-state index contributed by atoms with van der Waals surface area (Å²) in [5.41, 5.74) is 0.691. The molecule has 3 atom stereocenters. The third-order valence-electron chi connectivity index (χ3n) is 2.02. The largest absolute Gasteiger partial charge is 0.354 e. The van der Waals surface area contributed by atoms with Crippen LogP contribution in [0.25, 0.3) is 0 Å². The highest BCUT2D eigenvalue weighted by molar-refractivity contribution is 7.93. The summed E-state index contributed by atoms with van der Waals surface area (Å²) in [6.07, 6.45) is 0. The Balaban J connectivity index is 3.03. The Morgan fingerprint density at radius 3 is 2.28 bits per heavy atom. The molecule has 0 heterocycles. The fourth-order valence-corrected chi connectivity index (χ4v) is 3.65. The number of nitriles is 1. The Bertz CT molecular complexity index is 544. The van der Waals surface area contributed by atoms with Gasteiger partial charge >= 0.3 is 0 Å². The Labute approximate surface area is 122 Å². The molecule has 0 saturated carbocycles. The van der Waals surface area contributed by atoms with Crippen molar-refractivity contribution in [1.82, 2.24) is 0 Å². The molecule has 0 bridgehead atoms. The maximum Gasteiger partial charge on any atom is 0.197 e. The smallest absolute Gasteiger partial charge is 0.197 e. The normalized spacial score (nSPS) is 15.2. The van der Waals surface area contributed by atoms with Gasteiger partial charge in [0.25, 0.3) is 0 Å². The maximum absolute atomic E-state index is 12.0. The van der Waals surface area contributed by atoms with Gasteiger partial charge in [-0.25, -0.2) is 8.42 Å². The molecule has 0 aromatic heterocycles. The van der Waals surface area contributed by atoms with E-state index in [0.29, 0.717) is 5.69 Å². The number of anilines is 1. The van der Waals surface area contributed by atoms with Crippen LogP contribution in [0.2, 0.25) is 0 Å². The number of alkyl halides is 2. The minimum Gasteiger partial charge on any atom is -0.354 e. The van der Waals surface area contributed by atoms with Gasteiger partial charge in [0.15, 0.2) is 19.9 Å². The number of rotatable bonds is 5. The monoisotopic (exact) mass is 344 g/mol. The zero-order chi connectivity index (χ0) is 13.8. The van der Waals surface area contributed by atoms with E-state index in [0.717, 1.165) is 0 Å². The van der Waals surface area contributed by atoms with Crippen LogP contribution in [0.5, 0.6) is 0 Å². The van der Waals surface area contributed by atoms with Crippen molar-refractivity contribution >= 4 is 58.1 Å². The summed E-state index contributed by atoms with van der Waals surface area (Å²) in [5.74, 6) is 0. The lowest BCUT2D eigenvalue weighted by Gasteiger charge is -2.12. The van der Waals surface area contributed by atoms with Crippen LogP contribution in [0.3, 0.4) is 0 Å². The van der Waals surface area contributed by atoms with Crippen LogP contribution in [0.4, 0.5) is 5.69 Å². The van der Waals surface area contributed by atoms with E-state index in [9.17, 15) is 8.42 Å². The molecule has 0 saturated heterocycles. The summed E-state index contributed by atoms with van der Waals surface area (Å²) >= 11 is 16.7. The van der Waals surface area contributed by atoms with E-state index < -0.39 is 19.9 Å². The number of nitrogens with zero attached hydrogens (tertiary/aromatic N) is 1.